The van der Waals surface area contributed by atoms with E-state index in [9.17, 15) is 17.6 Å². The Morgan fingerprint density at radius 3 is 2.42 bits per heavy atom. The zero-order valence-electron chi connectivity index (χ0n) is 10.2. The van der Waals surface area contributed by atoms with Gasteiger partial charge in [-0.2, -0.15) is 17.6 Å². The van der Waals surface area contributed by atoms with Crippen LogP contribution < -0.4 is 10.1 Å². The third-order valence-electron chi connectivity index (χ3n) is 2.29. The molecule has 0 aliphatic rings. The first kappa shape index (κ1) is 15.5. The van der Waals surface area contributed by atoms with Crippen LogP contribution in [0.4, 0.5) is 17.6 Å². The molecule has 0 heterocycles. The fraction of sp³-hybridized carbons (Fsp3) is 0.385. The quantitative estimate of drug-likeness (QED) is 0.445. The van der Waals surface area contributed by atoms with E-state index in [0.717, 1.165) is 18.5 Å². The molecule has 0 atom stereocenters. The molecule has 19 heavy (non-hydrogen) atoms. The molecule has 1 aromatic carbocycles. The van der Waals surface area contributed by atoms with Crippen LogP contribution in [-0.2, 0) is 6.54 Å². The molecular weight excluding hydrogens is 262 g/mol. The van der Waals surface area contributed by atoms with Crippen molar-refractivity contribution >= 4 is 0 Å². The molecule has 0 spiro atoms. The van der Waals surface area contributed by atoms with Crippen LogP contribution in [-0.4, -0.2) is 19.1 Å². The molecule has 106 valence electrons. The lowest BCUT2D eigenvalue weighted by molar-refractivity contribution is -0.253. The van der Waals surface area contributed by atoms with E-state index in [1.54, 1.807) is 6.08 Å². The molecular formula is C13H15F4NO. The van der Waals surface area contributed by atoms with Gasteiger partial charge in [0, 0.05) is 6.54 Å². The van der Waals surface area contributed by atoms with Crippen molar-refractivity contribution in [3.8, 4) is 5.75 Å². The highest BCUT2D eigenvalue weighted by atomic mass is 19.3. The maximum absolute atomic E-state index is 12.6. The summed E-state index contributed by atoms with van der Waals surface area (Å²) in [6.07, 6.45) is -5.73. The molecule has 0 aliphatic heterocycles. The molecule has 1 rings (SSSR count). The molecule has 0 fully saturated rings. The van der Waals surface area contributed by atoms with Crippen LogP contribution in [0.1, 0.15) is 12.0 Å². The first-order valence-electron chi connectivity index (χ1n) is 5.71. The lowest BCUT2D eigenvalue weighted by atomic mass is 10.2. The van der Waals surface area contributed by atoms with Gasteiger partial charge < -0.3 is 10.1 Å². The minimum absolute atomic E-state index is 0.292. The Morgan fingerprint density at radius 2 is 1.89 bits per heavy atom. The Hall–Kier alpha value is -1.56. The van der Waals surface area contributed by atoms with Crippen molar-refractivity contribution in [1.29, 1.82) is 0 Å². The number of hydrogen-bond donors (Lipinski definition) is 1. The van der Waals surface area contributed by atoms with E-state index >= 15 is 0 Å². The normalized spacial score (nSPS) is 11.6. The molecule has 0 aromatic heterocycles. The molecule has 0 amide bonds. The Balaban J connectivity index is 2.49. The van der Waals surface area contributed by atoms with E-state index < -0.39 is 12.5 Å². The molecule has 0 aliphatic carbocycles. The summed E-state index contributed by atoms with van der Waals surface area (Å²) in [6.45, 7) is 4.89. The molecule has 0 bridgehead atoms. The number of ether oxygens (including phenoxy) is 1. The zero-order valence-corrected chi connectivity index (χ0v) is 10.2. The monoisotopic (exact) mass is 277 g/mol. The number of hydrogen-bond acceptors (Lipinski definition) is 2. The van der Waals surface area contributed by atoms with Gasteiger partial charge >= 0.3 is 12.5 Å². The Bertz CT molecular complexity index is 392. The molecule has 0 radical (unpaired) electrons. The van der Waals surface area contributed by atoms with Crippen molar-refractivity contribution in [3.63, 3.8) is 0 Å². The van der Waals surface area contributed by atoms with Crippen molar-refractivity contribution < 1.29 is 22.3 Å². The summed E-state index contributed by atoms with van der Waals surface area (Å²) in [4.78, 5) is 0. The van der Waals surface area contributed by atoms with Gasteiger partial charge in [-0.3, -0.25) is 0 Å². The van der Waals surface area contributed by atoms with Crippen LogP contribution in [0.15, 0.2) is 36.9 Å². The predicted molar refractivity (Wildman–Crippen MR) is 64.5 cm³/mol. The maximum atomic E-state index is 12.6. The topological polar surface area (TPSA) is 21.3 Å². The van der Waals surface area contributed by atoms with Gasteiger partial charge in [-0.05, 0) is 30.7 Å². The second kappa shape index (κ2) is 7.13. The van der Waals surface area contributed by atoms with E-state index in [1.165, 1.54) is 24.3 Å². The van der Waals surface area contributed by atoms with Crippen LogP contribution in [0, 0.1) is 0 Å². The fourth-order valence-corrected chi connectivity index (χ4v) is 1.31. The number of alkyl halides is 4. The average Bonchev–Trinajstić information content (AvgIpc) is 2.36. The van der Waals surface area contributed by atoms with E-state index in [2.05, 4.69) is 16.6 Å². The van der Waals surface area contributed by atoms with Gasteiger partial charge in [-0.25, -0.2) is 0 Å². The summed E-state index contributed by atoms with van der Waals surface area (Å²) < 4.78 is 53.0. The first-order chi connectivity index (χ1) is 8.95. The smallest absolute Gasteiger partial charge is 0.428 e. The zero-order chi connectivity index (χ0) is 14.3. The number of nitrogens with one attached hydrogen (secondary N) is 1. The van der Waals surface area contributed by atoms with E-state index in [-0.39, 0.29) is 5.75 Å². The average molecular weight is 277 g/mol. The molecule has 1 N–H and O–H groups in total. The van der Waals surface area contributed by atoms with Crippen LogP contribution in [0.25, 0.3) is 0 Å². The van der Waals surface area contributed by atoms with Crippen LogP contribution in [0.5, 0.6) is 5.75 Å². The van der Waals surface area contributed by atoms with Crippen molar-refractivity contribution in [1.82, 2.24) is 5.32 Å². The standard InChI is InChI=1S/C13H15F4NO/c1-2-3-8-18-9-10-4-6-11(7-5-10)19-13(16,17)12(14)15/h2,4-7,12,18H,1,3,8-9H2. The lowest BCUT2D eigenvalue weighted by Gasteiger charge is -2.16. The van der Waals surface area contributed by atoms with Crippen molar-refractivity contribution in [2.24, 2.45) is 0 Å². The van der Waals surface area contributed by atoms with Gasteiger partial charge in [0.05, 0.1) is 0 Å². The van der Waals surface area contributed by atoms with Crippen LogP contribution in [0.2, 0.25) is 0 Å². The summed E-state index contributed by atoms with van der Waals surface area (Å²) in [5.41, 5.74) is 0.844. The second-order valence-corrected chi connectivity index (χ2v) is 3.86. The SMILES string of the molecule is C=CCCNCc1ccc(OC(F)(F)C(F)F)cc1. The van der Waals surface area contributed by atoms with Gasteiger partial charge in [-0.15, -0.1) is 6.58 Å². The van der Waals surface area contributed by atoms with E-state index in [0.29, 0.717) is 6.54 Å². The molecule has 0 unspecified atom stereocenters. The summed E-state index contributed by atoms with van der Waals surface area (Å²) in [7, 11) is 0. The minimum atomic E-state index is -4.47. The second-order valence-electron chi connectivity index (χ2n) is 3.86. The molecule has 1 aromatic rings. The lowest BCUT2D eigenvalue weighted by Crippen LogP contribution is -2.33. The third kappa shape index (κ3) is 5.30. The maximum Gasteiger partial charge on any atom is 0.461 e. The molecule has 0 saturated heterocycles. The number of benzene rings is 1. The number of rotatable bonds is 8. The summed E-state index contributed by atoms with van der Waals surface area (Å²) in [5.74, 6) is -0.292. The summed E-state index contributed by atoms with van der Waals surface area (Å²) in [5, 5.41) is 3.11. The minimum Gasteiger partial charge on any atom is -0.428 e. The highest BCUT2D eigenvalue weighted by Crippen LogP contribution is 2.27. The van der Waals surface area contributed by atoms with Gasteiger partial charge in [0.1, 0.15) is 5.75 Å². The largest absolute Gasteiger partial charge is 0.461 e. The predicted octanol–water partition coefficient (Wildman–Crippen LogP) is 3.59. The highest BCUT2D eigenvalue weighted by molar-refractivity contribution is 5.27. The van der Waals surface area contributed by atoms with Crippen molar-refractivity contribution in [2.75, 3.05) is 6.54 Å². The fourth-order valence-electron chi connectivity index (χ4n) is 1.31. The van der Waals surface area contributed by atoms with Crippen molar-refractivity contribution in [2.45, 2.75) is 25.5 Å². The first-order valence-corrected chi connectivity index (χ1v) is 5.71. The van der Waals surface area contributed by atoms with Gasteiger partial charge in [0.2, 0.25) is 0 Å². The van der Waals surface area contributed by atoms with Crippen molar-refractivity contribution in [3.05, 3.63) is 42.5 Å². The summed E-state index contributed by atoms with van der Waals surface area (Å²) in [6, 6.07) is 5.55. The van der Waals surface area contributed by atoms with E-state index in [1.807, 2.05) is 0 Å². The highest BCUT2D eigenvalue weighted by Gasteiger charge is 2.43. The van der Waals surface area contributed by atoms with Crippen LogP contribution in [0.3, 0.4) is 0 Å². The Kier molecular flexibility index (Phi) is 5.82. The molecule has 6 heteroatoms. The Labute approximate surface area is 109 Å². The summed E-state index contributed by atoms with van der Waals surface area (Å²) >= 11 is 0. The molecule has 2 nitrogen and oxygen atoms in total. The molecule has 0 saturated carbocycles. The third-order valence-corrected chi connectivity index (χ3v) is 2.29. The van der Waals surface area contributed by atoms with E-state index in [4.69, 9.17) is 0 Å². The number of halogens is 4. The van der Waals surface area contributed by atoms with Gasteiger partial charge in [-0.1, -0.05) is 18.2 Å². The van der Waals surface area contributed by atoms with Crippen LogP contribution >= 0.6 is 0 Å². The van der Waals surface area contributed by atoms with Gasteiger partial charge in [0.25, 0.3) is 0 Å². The Morgan fingerprint density at radius 1 is 1.26 bits per heavy atom. The van der Waals surface area contributed by atoms with Gasteiger partial charge in [0.15, 0.2) is 0 Å².